The average molecular weight is 624 g/mol. The highest BCUT2D eigenvalue weighted by molar-refractivity contribution is 5.97. The number of aromatic nitrogens is 4. The van der Waals surface area contributed by atoms with Gasteiger partial charge in [-0.05, 0) is 123 Å². The predicted molar refractivity (Wildman–Crippen MR) is 186 cm³/mol. The van der Waals surface area contributed by atoms with Crippen molar-refractivity contribution in [1.29, 1.82) is 0 Å². The minimum atomic E-state index is -1.58. The molecule has 2 aliphatic heterocycles. The van der Waals surface area contributed by atoms with Crippen molar-refractivity contribution < 1.29 is 14.5 Å². The average Bonchev–Trinajstić information content (AvgIpc) is 3.69. The number of hydrogen-bond donors (Lipinski definition) is 2. The summed E-state index contributed by atoms with van der Waals surface area (Å²) in [7, 11) is 0. The maximum atomic E-state index is 12.9. The van der Waals surface area contributed by atoms with E-state index in [1.54, 1.807) is 6.92 Å². The van der Waals surface area contributed by atoms with Gasteiger partial charge in [0.05, 0.1) is 35.8 Å². The third-order valence-corrected chi connectivity index (χ3v) is 9.65. The number of ether oxygens (including phenoxy) is 1. The van der Waals surface area contributed by atoms with Crippen LogP contribution in [-0.2, 0) is 28.8 Å². The zero-order valence-electron chi connectivity index (χ0n) is 28.5. The SMILES string of the molecule is CCOC(=O)C(Cc1c2nc(cc3[nH]c(cc4[nH]c(cc5nc1C(CC)=C5C)c(CC)c4C)c(CC)c3C)C(CC)=C2C)[N+](=O)[O-]. The Labute approximate surface area is 270 Å². The van der Waals surface area contributed by atoms with Gasteiger partial charge >= 0.3 is 12.0 Å². The van der Waals surface area contributed by atoms with Crippen molar-refractivity contribution >= 4 is 50.3 Å². The molecule has 0 radical (unpaired) electrons. The van der Waals surface area contributed by atoms with E-state index < -0.39 is 16.9 Å². The van der Waals surface area contributed by atoms with Crippen LogP contribution in [0.25, 0.3) is 44.4 Å². The molecule has 3 aromatic heterocycles. The fraction of sp³-hybridized carbons (Fsp3) is 0.432. The Hall–Kier alpha value is -4.53. The molecule has 8 bridgehead atoms. The zero-order valence-corrected chi connectivity index (χ0v) is 28.5. The second-order valence-corrected chi connectivity index (χ2v) is 12.1. The number of H-pyrrole nitrogens is 2. The van der Waals surface area contributed by atoms with Gasteiger partial charge in [0.2, 0.25) is 0 Å². The van der Waals surface area contributed by atoms with Gasteiger partial charge in [0.15, 0.2) is 0 Å². The Balaban J connectivity index is 2.02. The van der Waals surface area contributed by atoms with Crippen molar-refractivity contribution in [3.05, 3.63) is 78.9 Å². The van der Waals surface area contributed by atoms with Crippen molar-refractivity contribution in [2.45, 2.75) is 100 Å². The monoisotopic (exact) mass is 623 g/mol. The van der Waals surface area contributed by atoms with Gasteiger partial charge in [-0.15, -0.1) is 0 Å². The predicted octanol–water partition coefficient (Wildman–Crippen LogP) is 8.49. The number of carbonyl (C=O) groups excluding carboxylic acids is 1. The Kier molecular flexibility index (Phi) is 9.33. The molecule has 2 aliphatic rings. The van der Waals surface area contributed by atoms with E-state index in [1.165, 1.54) is 22.3 Å². The molecule has 0 saturated carbocycles. The van der Waals surface area contributed by atoms with E-state index in [0.717, 1.165) is 75.0 Å². The molecular weight excluding hydrogens is 578 g/mol. The van der Waals surface area contributed by atoms with Crippen LogP contribution in [-0.4, -0.2) is 43.5 Å². The van der Waals surface area contributed by atoms with Crippen LogP contribution in [0.15, 0.2) is 18.2 Å². The minimum absolute atomic E-state index is 0.0598. The second-order valence-electron chi connectivity index (χ2n) is 12.1. The quantitative estimate of drug-likeness (QED) is 0.140. The van der Waals surface area contributed by atoms with Gasteiger partial charge in [0, 0.05) is 32.6 Å². The number of aromatic amines is 2. The van der Waals surface area contributed by atoms with Crippen molar-refractivity contribution in [3.8, 4) is 0 Å². The molecule has 1 atom stereocenters. The van der Waals surface area contributed by atoms with Crippen LogP contribution in [0.4, 0.5) is 0 Å². The highest BCUT2D eigenvalue weighted by Crippen LogP contribution is 2.40. The normalized spacial score (nSPS) is 13.8. The maximum absolute atomic E-state index is 12.9. The third kappa shape index (κ3) is 5.56. The molecule has 0 aliphatic carbocycles. The first-order chi connectivity index (χ1) is 22.0. The maximum Gasteiger partial charge on any atom is 0.382 e. The van der Waals surface area contributed by atoms with Crippen molar-refractivity contribution in [2.24, 2.45) is 0 Å². The molecule has 9 heteroatoms. The highest BCUT2D eigenvalue weighted by atomic mass is 16.6. The summed E-state index contributed by atoms with van der Waals surface area (Å²) in [6.45, 7) is 18.6. The number of nitro groups is 1. The van der Waals surface area contributed by atoms with Gasteiger partial charge in [-0.2, -0.15) is 0 Å². The Morgan fingerprint density at radius 3 is 1.83 bits per heavy atom. The van der Waals surface area contributed by atoms with Crippen molar-refractivity contribution in [1.82, 2.24) is 19.9 Å². The van der Waals surface area contributed by atoms with Crippen LogP contribution >= 0.6 is 0 Å². The van der Waals surface area contributed by atoms with Crippen LogP contribution in [0, 0.1) is 24.0 Å². The smallest absolute Gasteiger partial charge is 0.382 e. The van der Waals surface area contributed by atoms with Crippen LogP contribution in [0.5, 0.6) is 0 Å². The van der Waals surface area contributed by atoms with Gasteiger partial charge in [0.25, 0.3) is 0 Å². The molecule has 5 heterocycles. The summed E-state index contributed by atoms with van der Waals surface area (Å²) in [5.41, 5.74) is 16.4. The lowest BCUT2D eigenvalue weighted by molar-refractivity contribution is -0.510. The second kappa shape index (κ2) is 13.1. The van der Waals surface area contributed by atoms with E-state index in [2.05, 4.69) is 76.6 Å². The lowest BCUT2D eigenvalue weighted by Crippen LogP contribution is -2.34. The van der Waals surface area contributed by atoms with E-state index in [-0.39, 0.29) is 13.0 Å². The largest absolute Gasteiger partial charge is 0.461 e. The number of hydrogen-bond acceptors (Lipinski definition) is 6. The van der Waals surface area contributed by atoms with Gasteiger partial charge in [-0.1, -0.05) is 27.7 Å². The number of allylic oxidation sites excluding steroid dienone is 4. The Morgan fingerprint density at radius 2 is 1.28 bits per heavy atom. The summed E-state index contributed by atoms with van der Waals surface area (Å²) in [5.74, 6) is -0.855. The van der Waals surface area contributed by atoms with Gasteiger partial charge in [0.1, 0.15) is 0 Å². The fourth-order valence-electron chi connectivity index (χ4n) is 7.10. The zero-order chi connectivity index (χ0) is 33.4. The van der Waals surface area contributed by atoms with E-state index in [0.29, 0.717) is 23.4 Å². The number of nitrogens with zero attached hydrogens (tertiary/aromatic N) is 3. The minimum Gasteiger partial charge on any atom is -0.461 e. The first-order valence-electron chi connectivity index (χ1n) is 16.4. The number of rotatable bonds is 9. The molecule has 242 valence electrons. The molecule has 0 saturated heterocycles. The van der Waals surface area contributed by atoms with Crippen molar-refractivity contribution in [3.63, 3.8) is 0 Å². The molecule has 0 fully saturated rings. The molecule has 0 amide bonds. The Morgan fingerprint density at radius 1 is 0.739 bits per heavy atom. The topological polar surface area (TPSA) is 127 Å². The van der Waals surface area contributed by atoms with Gasteiger partial charge in [-0.3, -0.25) is 10.1 Å². The molecule has 46 heavy (non-hydrogen) atoms. The van der Waals surface area contributed by atoms with Crippen LogP contribution in [0.1, 0.15) is 112 Å². The molecule has 9 nitrogen and oxygen atoms in total. The van der Waals surface area contributed by atoms with Gasteiger partial charge < -0.3 is 14.7 Å². The van der Waals surface area contributed by atoms with Gasteiger partial charge in [-0.25, -0.2) is 14.8 Å². The summed E-state index contributed by atoms with van der Waals surface area (Å²) < 4.78 is 5.17. The molecule has 0 spiro atoms. The first kappa shape index (κ1) is 32.9. The van der Waals surface area contributed by atoms with Crippen molar-refractivity contribution in [2.75, 3.05) is 6.61 Å². The molecule has 0 aromatic carbocycles. The number of carbonyl (C=O) groups is 1. The fourth-order valence-corrected chi connectivity index (χ4v) is 7.10. The van der Waals surface area contributed by atoms with Crippen LogP contribution in [0.3, 0.4) is 0 Å². The van der Waals surface area contributed by atoms with Crippen LogP contribution < -0.4 is 0 Å². The Bertz CT molecular complexity index is 1970. The standard InChI is InChI=1S/C37H45N5O4/c1-10-23-20(7)29-17-33-25(12-3)22(9)35(41-33)27(15-34(42(44)45)37(43)46-14-5)36-26(13-4)21(8)30(40-36)18-32-24(11-2)19(6)28(38-32)16-31(23)39-29/h16-18,34,38-39H,10-15H2,1-9H3. The molecule has 5 rings (SSSR count). The van der Waals surface area contributed by atoms with Crippen LogP contribution in [0.2, 0.25) is 0 Å². The number of fused-ring (bicyclic) bond motifs is 8. The number of nitrogens with one attached hydrogen (secondary N) is 2. The molecule has 1 unspecified atom stereocenters. The lowest BCUT2D eigenvalue weighted by atomic mass is 9.93. The molecule has 3 aromatic rings. The summed E-state index contributed by atoms with van der Waals surface area (Å²) in [6, 6.07) is 4.81. The molecular formula is C37H45N5O4. The first-order valence-corrected chi connectivity index (χ1v) is 16.4. The third-order valence-electron chi connectivity index (χ3n) is 9.65. The van der Waals surface area contributed by atoms with E-state index in [4.69, 9.17) is 14.7 Å². The van der Waals surface area contributed by atoms with E-state index in [1.807, 2.05) is 6.92 Å². The summed E-state index contributed by atoms with van der Waals surface area (Å²) in [5, 5.41) is 12.3. The highest BCUT2D eigenvalue weighted by Gasteiger charge is 2.36. The summed E-state index contributed by atoms with van der Waals surface area (Å²) in [6.07, 6.45) is 2.93. The number of aryl methyl sites for hydroxylation is 4. The van der Waals surface area contributed by atoms with E-state index >= 15 is 0 Å². The molecule has 2 N–H and O–H groups in total. The summed E-state index contributed by atoms with van der Waals surface area (Å²) in [4.78, 5) is 42.5. The summed E-state index contributed by atoms with van der Waals surface area (Å²) >= 11 is 0. The number of esters is 1. The van der Waals surface area contributed by atoms with E-state index in [9.17, 15) is 14.9 Å². The lowest BCUT2D eigenvalue weighted by Gasteiger charge is -2.13.